The van der Waals surface area contributed by atoms with Crippen LogP contribution in [0.25, 0.3) is 11.5 Å². The van der Waals surface area contributed by atoms with E-state index in [1.165, 1.54) is 5.56 Å². The van der Waals surface area contributed by atoms with Gasteiger partial charge in [0, 0.05) is 5.56 Å². The van der Waals surface area contributed by atoms with Crippen molar-refractivity contribution in [3.05, 3.63) is 71.1 Å². The molecule has 3 nitrogen and oxygen atoms in total. The molecule has 0 aliphatic carbocycles. The number of hydrogen-bond donors (Lipinski definition) is 0. The molecule has 3 rings (SSSR count). The smallest absolute Gasteiger partial charge is 0.226 e. The number of hydrogen-bond acceptors (Lipinski definition) is 3. The van der Waals surface area contributed by atoms with Crippen molar-refractivity contribution < 1.29 is 9.15 Å². The van der Waals surface area contributed by atoms with E-state index in [0.717, 1.165) is 34.8 Å². The van der Waals surface area contributed by atoms with Crippen molar-refractivity contribution in [3.63, 3.8) is 0 Å². The topological polar surface area (TPSA) is 35.3 Å². The molecular weight excluding hydrogens is 286 g/mol. The van der Waals surface area contributed by atoms with Crippen LogP contribution >= 0.6 is 0 Å². The molecule has 1 heterocycles. The minimum Gasteiger partial charge on any atom is -0.487 e. The van der Waals surface area contributed by atoms with Gasteiger partial charge in [0.1, 0.15) is 23.8 Å². The van der Waals surface area contributed by atoms with Crippen LogP contribution < -0.4 is 4.74 Å². The molecule has 0 aliphatic heterocycles. The van der Waals surface area contributed by atoms with Crippen molar-refractivity contribution in [2.75, 3.05) is 0 Å². The van der Waals surface area contributed by atoms with Crippen LogP contribution in [0.2, 0.25) is 0 Å². The number of ether oxygens (including phenoxy) is 1. The van der Waals surface area contributed by atoms with Crippen molar-refractivity contribution in [2.24, 2.45) is 0 Å². The predicted molar refractivity (Wildman–Crippen MR) is 91.6 cm³/mol. The largest absolute Gasteiger partial charge is 0.487 e. The van der Waals surface area contributed by atoms with Crippen LogP contribution in [0.5, 0.6) is 5.75 Å². The molecule has 0 fully saturated rings. The lowest BCUT2D eigenvalue weighted by atomic mass is 10.1. The van der Waals surface area contributed by atoms with Crippen molar-refractivity contribution >= 4 is 0 Å². The number of aryl methyl sites for hydroxylation is 3. The maximum absolute atomic E-state index is 5.93. The normalized spacial score (nSPS) is 10.7. The van der Waals surface area contributed by atoms with Crippen LogP contribution in [-0.2, 0) is 13.0 Å². The lowest BCUT2D eigenvalue weighted by Crippen LogP contribution is -1.99. The third-order valence-corrected chi connectivity index (χ3v) is 3.93. The van der Waals surface area contributed by atoms with E-state index in [2.05, 4.69) is 31.0 Å². The van der Waals surface area contributed by atoms with E-state index in [-0.39, 0.29) is 0 Å². The second-order valence-corrected chi connectivity index (χ2v) is 5.63. The Morgan fingerprint density at radius 2 is 1.83 bits per heavy atom. The van der Waals surface area contributed by atoms with Gasteiger partial charge in [0.25, 0.3) is 0 Å². The highest BCUT2D eigenvalue weighted by Gasteiger charge is 2.12. The second kappa shape index (κ2) is 6.69. The third-order valence-electron chi connectivity index (χ3n) is 3.93. The number of benzene rings is 2. The standard InChI is InChI=1S/C20H21NO2/c1-4-16-10-11-19(14(2)12-16)22-13-18-15(3)23-20(21-18)17-8-6-5-7-9-17/h5-12H,4,13H2,1-3H3. The molecule has 0 saturated carbocycles. The summed E-state index contributed by atoms with van der Waals surface area (Å²) in [5.41, 5.74) is 4.28. The van der Waals surface area contributed by atoms with Gasteiger partial charge < -0.3 is 9.15 Å². The Balaban J connectivity index is 1.75. The summed E-state index contributed by atoms with van der Waals surface area (Å²) in [5.74, 6) is 2.33. The molecule has 0 radical (unpaired) electrons. The second-order valence-electron chi connectivity index (χ2n) is 5.63. The van der Waals surface area contributed by atoms with Gasteiger partial charge in [-0.3, -0.25) is 0 Å². The van der Waals surface area contributed by atoms with Crippen molar-refractivity contribution in [3.8, 4) is 17.2 Å². The Hall–Kier alpha value is -2.55. The zero-order chi connectivity index (χ0) is 16.2. The Kier molecular flexibility index (Phi) is 4.47. The summed E-state index contributed by atoms with van der Waals surface area (Å²) in [7, 11) is 0. The van der Waals surface area contributed by atoms with Gasteiger partial charge in [-0.15, -0.1) is 0 Å². The molecule has 0 aliphatic rings. The van der Waals surface area contributed by atoms with Crippen LogP contribution in [0, 0.1) is 13.8 Å². The molecule has 0 atom stereocenters. The molecule has 0 bridgehead atoms. The lowest BCUT2D eigenvalue weighted by molar-refractivity contribution is 0.297. The number of oxazole rings is 1. The summed E-state index contributed by atoms with van der Waals surface area (Å²) in [6.07, 6.45) is 1.03. The Labute approximate surface area is 136 Å². The van der Waals surface area contributed by atoms with E-state index >= 15 is 0 Å². The molecule has 0 N–H and O–H groups in total. The van der Waals surface area contributed by atoms with Gasteiger partial charge in [0.05, 0.1) is 0 Å². The minimum atomic E-state index is 0.411. The van der Waals surface area contributed by atoms with Crippen molar-refractivity contribution in [1.82, 2.24) is 4.98 Å². The van der Waals surface area contributed by atoms with Gasteiger partial charge in [0.15, 0.2) is 0 Å². The van der Waals surface area contributed by atoms with Gasteiger partial charge in [-0.05, 0) is 49.6 Å². The highest BCUT2D eigenvalue weighted by atomic mass is 16.5. The first kappa shape index (κ1) is 15.3. The first-order valence-corrected chi connectivity index (χ1v) is 7.91. The molecule has 0 unspecified atom stereocenters. The van der Waals surface area contributed by atoms with Gasteiger partial charge >= 0.3 is 0 Å². The molecule has 3 aromatic rings. The first-order chi connectivity index (χ1) is 11.2. The highest BCUT2D eigenvalue weighted by molar-refractivity contribution is 5.53. The minimum absolute atomic E-state index is 0.411. The Morgan fingerprint density at radius 1 is 1.04 bits per heavy atom. The van der Waals surface area contributed by atoms with Crippen molar-refractivity contribution in [1.29, 1.82) is 0 Å². The molecule has 0 saturated heterocycles. The molecule has 2 aromatic carbocycles. The third kappa shape index (κ3) is 3.45. The maximum atomic E-state index is 5.93. The summed E-state index contributed by atoms with van der Waals surface area (Å²) in [6, 6.07) is 16.2. The quantitative estimate of drug-likeness (QED) is 0.658. The molecule has 0 spiro atoms. The fraction of sp³-hybridized carbons (Fsp3) is 0.250. The SMILES string of the molecule is CCc1ccc(OCc2nc(-c3ccccc3)oc2C)c(C)c1. The zero-order valence-corrected chi connectivity index (χ0v) is 13.8. The van der Waals surface area contributed by atoms with Crippen LogP contribution in [0.4, 0.5) is 0 Å². The number of rotatable bonds is 5. The van der Waals surface area contributed by atoms with Crippen LogP contribution in [-0.4, -0.2) is 4.98 Å². The summed E-state index contributed by atoms with van der Waals surface area (Å²) >= 11 is 0. The van der Waals surface area contributed by atoms with Gasteiger partial charge in [0.2, 0.25) is 5.89 Å². The molecule has 3 heteroatoms. The van der Waals surface area contributed by atoms with E-state index in [0.29, 0.717) is 12.5 Å². The van der Waals surface area contributed by atoms with Gasteiger partial charge in [-0.1, -0.05) is 37.3 Å². The molecule has 118 valence electrons. The average Bonchev–Trinajstić information content (AvgIpc) is 2.95. The molecular formula is C20H21NO2. The maximum Gasteiger partial charge on any atom is 0.226 e. The summed E-state index contributed by atoms with van der Waals surface area (Å²) in [4.78, 5) is 4.57. The van der Waals surface area contributed by atoms with E-state index < -0.39 is 0 Å². The van der Waals surface area contributed by atoms with Crippen LogP contribution in [0.3, 0.4) is 0 Å². The lowest BCUT2D eigenvalue weighted by Gasteiger charge is -2.09. The number of nitrogens with zero attached hydrogens (tertiary/aromatic N) is 1. The highest BCUT2D eigenvalue weighted by Crippen LogP contribution is 2.24. The molecule has 1 aromatic heterocycles. The van der Waals surface area contributed by atoms with Crippen LogP contribution in [0.15, 0.2) is 52.9 Å². The fourth-order valence-corrected chi connectivity index (χ4v) is 2.51. The van der Waals surface area contributed by atoms with E-state index in [4.69, 9.17) is 9.15 Å². The predicted octanol–water partition coefficient (Wildman–Crippen LogP) is 5.10. The van der Waals surface area contributed by atoms with Crippen molar-refractivity contribution in [2.45, 2.75) is 33.8 Å². The Bertz CT molecular complexity index is 791. The molecule has 0 amide bonds. The van der Waals surface area contributed by atoms with E-state index in [1.54, 1.807) is 0 Å². The fourth-order valence-electron chi connectivity index (χ4n) is 2.51. The summed E-state index contributed by atoms with van der Waals surface area (Å²) in [5, 5.41) is 0. The van der Waals surface area contributed by atoms with Gasteiger partial charge in [-0.2, -0.15) is 0 Å². The summed E-state index contributed by atoms with van der Waals surface area (Å²) in [6.45, 7) is 6.55. The molecule has 23 heavy (non-hydrogen) atoms. The monoisotopic (exact) mass is 307 g/mol. The van der Waals surface area contributed by atoms with E-state index in [9.17, 15) is 0 Å². The Morgan fingerprint density at radius 3 is 2.52 bits per heavy atom. The van der Waals surface area contributed by atoms with Gasteiger partial charge in [-0.25, -0.2) is 4.98 Å². The van der Waals surface area contributed by atoms with E-state index in [1.807, 2.05) is 43.3 Å². The number of aromatic nitrogens is 1. The first-order valence-electron chi connectivity index (χ1n) is 7.91. The van der Waals surface area contributed by atoms with Crippen LogP contribution in [0.1, 0.15) is 29.5 Å². The summed E-state index contributed by atoms with van der Waals surface area (Å²) < 4.78 is 11.7. The zero-order valence-electron chi connectivity index (χ0n) is 13.8. The average molecular weight is 307 g/mol.